The number of ether oxygens (including phenoxy) is 1. The van der Waals surface area contributed by atoms with Crippen LogP contribution in [0.15, 0.2) is 112 Å². The molecule has 1 heterocycles. The number of methoxy groups -OCH3 is 1. The molecule has 4 aromatic rings. The molecule has 11 nitrogen and oxygen atoms in total. The summed E-state index contributed by atoms with van der Waals surface area (Å²) in [5, 5.41) is 15.7. The number of nitro benzene ring substituents is 1. The number of thioether (sulfide) groups is 1. The van der Waals surface area contributed by atoms with Gasteiger partial charge in [0.05, 0.1) is 23.0 Å². The van der Waals surface area contributed by atoms with Crippen LogP contribution in [0.1, 0.15) is 22.3 Å². The van der Waals surface area contributed by atoms with Crippen molar-refractivity contribution in [3.05, 3.63) is 128 Å². The Kier molecular flexibility index (Phi) is 9.94. The van der Waals surface area contributed by atoms with Gasteiger partial charge in [0.15, 0.2) is 0 Å². The first-order chi connectivity index (χ1) is 22.1. The molecule has 1 atom stereocenters. The number of nitro groups is 1. The molecule has 4 aromatic carbocycles. The number of non-ortho nitro benzene ring substituents is 1. The Bertz CT molecular complexity index is 1870. The average molecular weight is 702 g/mol. The summed E-state index contributed by atoms with van der Waals surface area (Å²) < 4.78 is 6.18. The number of benzene rings is 4. The molecule has 0 aliphatic carbocycles. The van der Waals surface area contributed by atoms with Crippen molar-refractivity contribution < 1.29 is 28.8 Å². The van der Waals surface area contributed by atoms with Crippen molar-refractivity contribution in [2.75, 3.05) is 17.3 Å². The summed E-state index contributed by atoms with van der Waals surface area (Å²) in [6, 6.07) is 25.7. The fourth-order valence-electron chi connectivity index (χ4n) is 4.62. The van der Waals surface area contributed by atoms with Crippen LogP contribution in [0.3, 0.4) is 0 Å². The first-order valence-electron chi connectivity index (χ1n) is 13.7. The van der Waals surface area contributed by atoms with Gasteiger partial charge < -0.3 is 15.4 Å². The van der Waals surface area contributed by atoms with E-state index in [4.69, 9.17) is 4.74 Å². The third-order valence-corrected chi connectivity index (χ3v) is 8.49. The molecule has 1 aliphatic heterocycles. The van der Waals surface area contributed by atoms with Crippen LogP contribution in [0, 0.1) is 10.1 Å². The van der Waals surface area contributed by atoms with E-state index >= 15 is 0 Å². The molecule has 13 heteroatoms. The normalized spacial score (nSPS) is 14.6. The summed E-state index contributed by atoms with van der Waals surface area (Å²) in [6.45, 7) is 0. The third-order valence-electron chi connectivity index (χ3n) is 6.81. The Labute approximate surface area is 275 Å². The fraction of sp³-hybridized carbons (Fsp3) is 0.0909. The Morgan fingerprint density at radius 3 is 2.43 bits per heavy atom. The molecule has 1 aliphatic rings. The molecule has 1 fully saturated rings. The number of rotatable bonds is 10. The van der Waals surface area contributed by atoms with E-state index in [-0.39, 0.29) is 23.5 Å². The lowest BCUT2D eigenvalue weighted by Gasteiger charge is -2.15. The maximum atomic E-state index is 13.6. The van der Waals surface area contributed by atoms with Gasteiger partial charge in [-0.15, -0.1) is 11.8 Å². The first kappa shape index (κ1) is 32.1. The number of amides is 4. The van der Waals surface area contributed by atoms with Crippen LogP contribution >= 0.6 is 27.7 Å². The number of halogens is 1. The molecule has 232 valence electrons. The fourth-order valence-corrected chi connectivity index (χ4v) is 6.11. The van der Waals surface area contributed by atoms with Crippen molar-refractivity contribution in [2.45, 2.75) is 16.6 Å². The molecule has 0 aromatic heterocycles. The molecule has 0 radical (unpaired) electrons. The van der Waals surface area contributed by atoms with Gasteiger partial charge in [-0.05, 0) is 66.7 Å². The molecule has 4 amide bonds. The Hall–Kier alpha value is -5.27. The molecule has 0 saturated carbocycles. The lowest BCUT2D eigenvalue weighted by molar-refractivity contribution is -0.384. The van der Waals surface area contributed by atoms with Crippen molar-refractivity contribution in [1.29, 1.82) is 0 Å². The van der Waals surface area contributed by atoms with Crippen LogP contribution in [0.5, 0.6) is 5.75 Å². The van der Waals surface area contributed by atoms with E-state index in [0.717, 1.165) is 21.1 Å². The molecule has 46 heavy (non-hydrogen) atoms. The summed E-state index contributed by atoms with van der Waals surface area (Å²) in [6.07, 6.45) is 1.44. The van der Waals surface area contributed by atoms with Gasteiger partial charge in [0.1, 0.15) is 11.4 Å². The molecular weight excluding hydrogens is 676 g/mol. The highest BCUT2D eigenvalue weighted by atomic mass is 79.9. The van der Waals surface area contributed by atoms with Crippen LogP contribution in [0.2, 0.25) is 0 Å². The number of carbonyl (C=O) groups is 4. The van der Waals surface area contributed by atoms with E-state index in [1.165, 1.54) is 37.5 Å². The molecule has 2 N–H and O–H groups in total. The second kappa shape index (κ2) is 14.2. The van der Waals surface area contributed by atoms with E-state index < -0.39 is 33.8 Å². The lowest BCUT2D eigenvalue weighted by Crippen LogP contribution is -2.31. The molecule has 0 unspecified atom stereocenters. The van der Waals surface area contributed by atoms with Crippen molar-refractivity contribution in [3.63, 3.8) is 0 Å². The summed E-state index contributed by atoms with van der Waals surface area (Å²) in [7, 11) is 1.50. The molecule has 1 saturated heterocycles. The number of nitrogens with zero attached hydrogens (tertiary/aromatic N) is 2. The van der Waals surface area contributed by atoms with Crippen LogP contribution in [0.4, 0.5) is 17.1 Å². The number of imide groups is 1. The van der Waals surface area contributed by atoms with E-state index in [0.29, 0.717) is 27.5 Å². The SMILES string of the molecule is COc1ccc(Br)cc1/C=C(\NC(=O)c1ccccc1)C(=O)Nc1cccc(S[C@H]2CC(=O)N(c3ccc([N+](=O)[O-])cc3)C2=O)c1. The van der Waals surface area contributed by atoms with E-state index in [1.807, 2.05) is 0 Å². The minimum absolute atomic E-state index is 0.0429. The zero-order valence-corrected chi connectivity index (χ0v) is 26.5. The lowest BCUT2D eigenvalue weighted by atomic mass is 10.1. The molecule has 0 bridgehead atoms. The second-order valence-corrected chi connectivity index (χ2v) is 12.1. The minimum Gasteiger partial charge on any atom is -0.496 e. The van der Waals surface area contributed by atoms with Crippen molar-refractivity contribution >= 4 is 74.5 Å². The van der Waals surface area contributed by atoms with Crippen molar-refractivity contribution in [2.24, 2.45) is 0 Å². The van der Waals surface area contributed by atoms with Crippen LogP contribution in [0.25, 0.3) is 6.08 Å². The van der Waals surface area contributed by atoms with Crippen LogP contribution < -0.4 is 20.3 Å². The Morgan fingerprint density at radius 1 is 1.00 bits per heavy atom. The number of anilines is 2. The monoisotopic (exact) mass is 700 g/mol. The second-order valence-electron chi connectivity index (χ2n) is 9.90. The van der Waals surface area contributed by atoms with E-state index in [1.54, 1.807) is 72.8 Å². The quantitative estimate of drug-likeness (QED) is 0.0860. The minimum atomic E-state index is -0.738. The van der Waals surface area contributed by atoms with Crippen molar-refractivity contribution in [3.8, 4) is 5.75 Å². The Balaban J connectivity index is 1.35. The van der Waals surface area contributed by atoms with Gasteiger partial charge in [0.2, 0.25) is 11.8 Å². The average Bonchev–Trinajstić information content (AvgIpc) is 3.32. The standard InChI is InChI=1S/C33H25BrN4O7S/c1-45-28-15-10-22(34)16-21(28)17-27(36-31(40)20-6-3-2-4-7-20)32(41)35-23-8-5-9-26(18-23)46-29-19-30(39)37(33(29)42)24-11-13-25(14-12-24)38(43)44/h2-18,29H,19H2,1H3,(H,35,41)(H,36,40)/b27-17-/t29-/m0/s1. The highest BCUT2D eigenvalue weighted by Crippen LogP contribution is 2.35. The predicted octanol–water partition coefficient (Wildman–Crippen LogP) is 6.20. The first-order valence-corrected chi connectivity index (χ1v) is 15.4. The summed E-state index contributed by atoms with van der Waals surface area (Å²) in [4.78, 5) is 64.6. The maximum Gasteiger partial charge on any atom is 0.272 e. The van der Waals surface area contributed by atoms with Gasteiger partial charge in [0, 0.05) is 44.7 Å². The van der Waals surface area contributed by atoms with Crippen molar-refractivity contribution in [1.82, 2.24) is 5.32 Å². The Morgan fingerprint density at radius 2 is 1.74 bits per heavy atom. The van der Waals surface area contributed by atoms with Gasteiger partial charge in [-0.1, -0.05) is 40.2 Å². The number of nitrogens with one attached hydrogen (secondary N) is 2. The maximum absolute atomic E-state index is 13.6. The van der Waals surface area contributed by atoms with Gasteiger partial charge in [0.25, 0.3) is 17.5 Å². The molecule has 5 rings (SSSR count). The molecule has 0 spiro atoms. The number of hydrogen-bond donors (Lipinski definition) is 2. The number of hydrogen-bond acceptors (Lipinski definition) is 8. The number of carbonyl (C=O) groups excluding carboxylic acids is 4. The van der Waals surface area contributed by atoms with Gasteiger partial charge in [-0.3, -0.25) is 29.3 Å². The summed E-state index contributed by atoms with van der Waals surface area (Å²) >= 11 is 4.58. The van der Waals surface area contributed by atoms with Crippen LogP contribution in [-0.4, -0.2) is 40.9 Å². The van der Waals surface area contributed by atoms with Crippen LogP contribution in [-0.2, 0) is 14.4 Å². The summed E-state index contributed by atoms with van der Waals surface area (Å²) in [5.41, 5.74) is 1.35. The van der Waals surface area contributed by atoms with E-state index in [9.17, 15) is 29.3 Å². The highest BCUT2D eigenvalue weighted by molar-refractivity contribution is 9.10. The third kappa shape index (κ3) is 7.50. The van der Waals surface area contributed by atoms with Gasteiger partial charge >= 0.3 is 0 Å². The molecular formula is C33H25BrN4O7S. The topological polar surface area (TPSA) is 148 Å². The zero-order valence-electron chi connectivity index (χ0n) is 24.1. The van der Waals surface area contributed by atoms with E-state index in [2.05, 4.69) is 26.6 Å². The highest BCUT2D eigenvalue weighted by Gasteiger charge is 2.40. The smallest absolute Gasteiger partial charge is 0.272 e. The zero-order chi connectivity index (χ0) is 32.8. The summed E-state index contributed by atoms with van der Waals surface area (Å²) in [5.74, 6) is -1.48. The van der Waals surface area contributed by atoms with Gasteiger partial charge in [-0.25, -0.2) is 4.90 Å². The van der Waals surface area contributed by atoms with Gasteiger partial charge in [-0.2, -0.15) is 0 Å². The largest absolute Gasteiger partial charge is 0.496 e. The predicted molar refractivity (Wildman–Crippen MR) is 178 cm³/mol.